The number of carbonyl (C=O) groups is 2. The zero-order valence-electron chi connectivity index (χ0n) is 53.4. The van der Waals surface area contributed by atoms with E-state index < -0.39 is 12.1 Å². The lowest BCUT2D eigenvalue weighted by Crippen LogP contribution is -2.45. The second-order valence-corrected chi connectivity index (χ2v) is 25.3. The van der Waals surface area contributed by atoms with Gasteiger partial charge in [-0.2, -0.15) is 0 Å². The number of hydrogen-bond donors (Lipinski definition) is 3. The fourth-order valence-electron chi connectivity index (χ4n) is 11.9. The predicted octanol–water partition coefficient (Wildman–Crippen LogP) is 23.4. The topological polar surface area (TPSA) is 95.9 Å². The van der Waals surface area contributed by atoms with E-state index in [1.165, 1.54) is 353 Å². The molecule has 0 bridgehead atoms. The maximum absolute atomic E-state index is 12.5. The molecule has 0 saturated heterocycles. The number of unbranched alkanes of at least 4 members (excludes halogenated alkanes) is 58. The van der Waals surface area contributed by atoms with Crippen LogP contribution in [0.1, 0.15) is 425 Å². The smallest absolute Gasteiger partial charge is 0.305 e. The fraction of sp³-hybridized carbons (Fsp3) is 0.972. The highest BCUT2D eigenvalue weighted by molar-refractivity contribution is 5.76. The van der Waals surface area contributed by atoms with Gasteiger partial charge in [0, 0.05) is 12.8 Å². The predicted molar refractivity (Wildman–Crippen MR) is 343 cm³/mol. The molecular formula is C72H143NO5. The van der Waals surface area contributed by atoms with E-state index in [4.69, 9.17) is 4.74 Å². The molecule has 0 spiro atoms. The van der Waals surface area contributed by atoms with E-state index in [0.717, 1.165) is 38.5 Å². The molecule has 466 valence electrons. The lowest BCUT2D eigenvalue weighted by Gasteiger charge is -2.22. The molecule has 0 aromatic heterocycles. The molecule has 78 heavy (non-hydrogen) atoms. The zero-order chi connectivity index (χ0) is 56.4. The van der Waals surface area contributed by atoms with Crippen LogP contribution in [0.4, 0.5) is 0 Å². The molecule has 0 fully saturated rings. The van der Waals surface area contributed by atoms with Crippen LogP contribution >= 0.6 is 0 Å². The maximum atomic E-state index is 12.5. The van der Waals surface area contributed by atoms with Crippen molar-refractivity contribution in [2.24, 2.45) is 0 Å². The summed E-state index contributed by atoms with van der Waals surface area (Å²) in [7, 11) is 0. The molecule has 0 aromatic rings. The van der Waals surface area contributed by atoms with Crippen molar-refractivity contribution in [3.63, 3.8) is 0 Å². The van der Waals surface area contributed by atoms with Crippen molar-refractivity contribution in [2.75, 3.05) is 13.2 Å². The van der Waals surface area contributed by atoms with E-state index in [-0.39, 0.29) is 18.5 Å². The van der Waals surface area contributed by atoms with Crippen LogP contribution in [-0.2, 0) is 14.3 Å². The number of carbonyl (C=O) groups excluding carboxylic acids is 2. The van der Waals surface area contributed by atoms with E-state index in [1.54, 1.807) is 0 Å². The molecule has 0 aliphatic rings. The molecular weight excluding hydrogens is 959 g/mol. The Morgan fingerprint density at radius 2 is 0.526 bits per heavy atom. The van der Waals surface area contributed by atoms with Gasteiger partial charge in [-0.1, -0.05) is 386 Å². The molecule has 0 aromatic carbocycles. The molecule has 0 saturated carbocycles. The summed E-state index contributed by atoms with van der Waals surface area (Å²) in [4.78, 5) is 24.6. The number of esters is 1. The Labute approximate surface area is 489 Å². The van der Waals surface area contributed by atoms with E-state index in [0.29, 0.717) is 25.9 Å². The molecule has 0 radical (unpaired) electrons. The third-order valence-corrected chi connectivity index (χ3v) is 17.4. The van der Waals surface area contributed by atoms with Crippen LogP contribution < -0.4 is 5.32 Å². The molecule has 6 nitrogen and oxygen atoms in total. The van der Waals surface area contributed by atoms with Gasteiger partial charge >= 0.3 is 5.97 Å². The minimum Gasteiger partial charge on any atom is -0.466 e. The summed E-state index contributed by atoms with van der Waals surface area (Å²) < 4.78 is 5.49. The van der Waals surface area contributed by atoms with Gasteiger partial charge in [-0.25, -0.2) is 0 Å². The Bertz CT molecular complexity index is 1130. The van der Waals surface area contributed by atoms with E-state index in [1.807, 2.05) is 0 Å². The first-order chi connectivity index (χ1) is 38.5. The normalized spacial score (nSPS) is 12.4. The van der Waals surface area contributed by atoms with Crippen molar-refractivity contribution < 1.29 is 24.5 Å². The molecule has 2 atom stereocenters. The van der Waals surface area contributed by atoms with Gasteiger partial charge < -0.3 is 20.3 Å². The third-order valence-electron chi connectivity index (χ3n) is 17.4. The van der Waals surface area contributed by atoms with Crippen LogP contribution in [0, 0.1) is 0 Å². The van der Waals surface area contributed by atoms with Crippen LogP contribution in [0.25, 0.3) is 0 Å². The first-order valence-electron chi connectivity index (χ1n) is 36.3. The van der Waals surface area contributed by atoms with Crippen molar-refractivity contribution in [1.82, 2.24) is 5.32 Å². The fourth-order valence-corrected chi connectivity index (χ4v) is 11.9. The summed E-state index contributed by atoms with van der Waals surface area (Å²) >= 11 is 0. The number of amides is 1. The number of hydrogen-bond acceptors (Lipinski definition) is 5. The largest absolute Gasteiger partial charge is 0.466 e. The van der Waals surface area contributed by atoms with Crippen molar-refractivity contribution in [3.05, 3.63) is 0 Å². The van der Waals surface area contributed by atoms with Crippen LogP contribution in [0.15, 0.2) is 0 Å². The highest BCUT2D eigenvalue weighted by Gasteiger charge is 2.20. The van der Waals surface area contributed by atoms with Crippen molar-refractivity contribution in [2.45, 2.75) is 437 Å². The Morgan fingerprint density at radius 1 is 0.308 bits per heavy atom. The molecule has 0 rings (SSSR count). The minimum absolute atomic E-state index is 0.0231. The summed E-state index contributed by atoms with van der Waals surface area (Å²) in [6.45, 7) is 5.00. The Morgan fingerprint density at radius 3 is 0.782 bits per heavy atom. The first kappa shape index (κ1) is 76.9. The average molecular weight is 1100 g/mol. The van der Waals surface area contributed by atoms with Crippen LogP contribution in [0.2, 0.25) is 0 Å². The zero-order valence-corrected chi connectivity index (χ0v) is 53.4. The molecule has 0 heterocycles. The quantitative estimate of drug-likeness (QED) is 0.0417. The number of aliphatic hydroxyl groups excluding tert-OH is 2. The van der Waals surface area contributed by atoms with Crippen LogP contribution in [0.5, 0.6) is 0 Å². The van der Waals surface area contributed by atoms with Crippen molar-refractivity contribution in [3.8, 4) is 0 Å². The number of aliphatic hydroxyl groups is 2. The van der Waals surface area contributed by atoms with Gasteiger partial charge in [-0.15, -0.1) is 0 Å². The average Bonchev–Trinajstić information content (AvgIpc) is 3.44. The standard InChI is InChI=1S/C72H143NO5/c1-3-5-7-9-11-13-15-17-18-35-38-41-44-48-52-56-60-64-70(75)69(68-74)73-71(76)65-61-57-53-49-45-42-39-36-33-31-29-27-25-23-21-19-20-22-24-26-28-30-32-34-37-40-43-47-51-55-59-63-67-78-72(77)66-62-58-54-50-46-16-14-12-10-8-6-4-2/h69-70,74-75H,3-68H2,1-2H3,(H,73,76). The summed E-state index contributed by atoms with van der Waals surface area (Å²) in [5, 5.41) is 23.4. The summed E-state index contributed by atoms with van der Waals surface area (Å²) in [6, 6.07) is -0.537. The molecule has 6 heteroatoms. The third kappa shape index (κ3) is 64.0. The molecule has 1 amide bonds. The van der Waals surface area contributed by atoms with Crippen LogP contribution in [-0.4, -0.2) is 47.4 Å². The molecule has 0 aliphatic carbocycles. The Balaban J connectivity index is 3.31. The highest BCUT2D eigenvalue weighted by atomic mass is 16.5. The number of rotatable bonds is 69. The summed E-state index contributed by atoms with van der Waals surface area (Å²) in [5.74, 6) is -0.00278. The summed E-state index contributed by atoms with van der Waals surface area (Å²) in [6.07, 6.45) is 83.1. The second kappa shape index (κ2) is 68.4. The van der Waals surface area contributed by atoms with Crippen LogP contribution in [0.3, 0.4) is 0 Å². The molecule has 3 N–H and O–H groups in total. The lowest BCUT2D eigenvalue weighted by atomic mass is 10.0. The highest BCUT2D eigenvalue weighted by Crippen LogP contribution is 2.20. The Kier molecular flexibility index (Phi) is 67.4. The molecule has 0 aliphatic heterocycles. The monoisotopic (exact) mass is 1100 g/mol. The second-order valence-electron chi connectivity index (χ2n) is 25.3. The van der Waals surface area contributed by atoms with Gasteiger partial charge in [-0.3, -0.25) is 9.59 Å². The number of ether oxygens (including phenoxy) is 1. The van der Waals surface area contributed by atoms with E-state index >= 15 is 0 Å². The van der Waals surface area contributed by atoms with Gasteiger partial charge in [0.1, 0.15) is 0 Å². The molecule has 2 unspecified atom stereocenters. The maximum Gasteiger partial charge on any atom is 0.305 e. The summed E-state index contributed by atoms with van der Waals surface area (Å²) in [5.41, 5.74) is 0. The first-order valence-corrected chi connectivity index (χ1v) is 36.3. The van der Waals surface area contributed by atoms with Gasteiger partial charge in [0.25, 0.3) is 0 Å². The van der Waals surface area contributed by atoms with Gasteiger partial charge in [0.15, 0.2) is 0 Å². The van der Waals surface area contributed by atoms with E-state index in [2.05, 4.69) is 19.2 Å². The van der Waals surface area contributed by atoms with Crippen molar-refractivity contribution >= 4 is 11.9 Å². The van der Waals surface area contributed by atoms with Crippen molar-refractivity contribution in [1.29, 1.82) is 0 Å². The van der Waals surface area contributed by atoms with Gasteiger partial charge in [-0.05, 0) is 25.7 Å². The van der Waals surface area contributed by atoms with Gasteiger partial charge in [0.2, 0.25) is 5.91 Å². The minimum atomic E-state index is -0.660. The lowest BCUT2D eigenvalue weighted by molar-refractivity contribution is -0.143. The van der Waals surface area contributed by atoms with Gasteiger partial charge in [0.05, 0.1) is 25.4 Å². The number of nitrogens with one attached hydrogen (secondary N) is 1. The Hall–Kier alpha value is -1.14. The van der Waals surface area contributed by atoms with E-state index in [9.17, 15) is 19.8 Å². The SMILES string of the molecule is CCCCCCCCCCCCCCCCCCCC(O)C(CO)NC(=O)CCCCCCCCCCCCCCCCCCCCCCCCCCCCCCCCCCOC(=O)CCCCCCCCCCCCCC.